The van der Waals surface area contributed by atoms with Crippen molar-refractivity contribution < 1.29 is 13.3 Å². The molecule has 0 bridgehead atoms. The van der Waals surface area contributed by atoms with E-state index in [-0.39, 0.29) is 33.7 Å². The van der Waals surface area contributed by atoms with Gasteiger partial charge >= 0.3 is 0 Å². The molecule has 7 nitrogen and oxygen atoms in total. The number of nitrogens with zero attached hydrogens (tertiary/aromatic N) is 3. The lowest BCUT2D eigenvalue weighted by Crippen LogP contribution is -2.48. The summed E-state index contributed by atoms with van der Waals surface area (Å²) in [6.45, 7) is 1.05. The molecule has 0 unspecified atom stereocenters. The summed E-state index contributed by atoms with van der Waals surface area (Å²) in [5, 5.41) is 11.6. The van der Waals surface area contributed by atoms with Crippen LogP contribution in [0.5, 0.6) is 0 Å². The first-order valence-corrected chi connectivity index (χ1v) is 9.94. The van der Waals surface area contributed by atoms with Gasteiger partial charge in [0.05, 0.1) is 9.95 Å². The highest BCUT2D eigenvalue weighted by atomic mass is 35.5. The summed E-state index contributed by atoms with van der Waals surface area (Å²) in [7, 11) is -3.79. The quantitative estimate of drug-likeness (QED) is 0.564. The molecule has 0 N–H and O–H groups in total. The third-order valence-corrected chi connectivity index (χ3v) is 6.78. The Morgan fingerprint density at radius 3 is 2.31 bits per heavy atom. The monoisotopic (exact) mass is 415 g/mol. The minimum atomic E-state index is -3.79. The second-order valence-electron chi connectivity index (χ2n) is 5.71. The Bertz CT molecular complexity index is 944. The molecule has 1 fully saturated rings. The van der Waals surface area contributed by atoms with Crippen molar-refractivity contribution in [3.63, 3.8) is 0 Å². The molecule has 1 heterocycles. The van der Waals surface area contributed by atoms with E-state index in [2.05, 4.69) is 0 Å². The Morgan fingerprint density at radius 1 is 1.00 bits per heavy atom. The molecule has 138 valence electrons. The zero-order valence-electron chi connectivity index (χ0n) is 13.5. The number of hydrogen-bond acceptors (Lipinski definition) is 5. The highest BCUT2D eigenvalue weighted by molar-refractivity contribution is 7.89. The summed E-state index contributed by atoms with van der Waals surface area (Å²) in [5.74, 6) is 0. The topological polar surface area (TPSA) is 83.8 Å². The number of anilines is 1. The van der Waals surface area contributed by atoms with E-state index in [4.69, 9.17) is 23.2 Å². The van der Waals surface area contributed by atoms with Crippen molar-refractivity contribution in [2.24, 2.45) is 0 Å². The van der Waals surface area contributed by atoms with Crippen LogP contribution in [0.3, 0.4) is 0 Å². The van der Waals surface area contributed by atoms with Crippen LogP contribution in [-0.4, -0.2) is 43.8 Å². The number of halogens is 2. The van der Waals surface area contributed by atoms with Crippen LogP contribution in [0, 0.1) is 10.1 Å². The zero-order valence-corrected chi connectivity index (χ0v) is 15.8. The smallest absolute Gasteiger partial charge is 0.292 e. The minimum absolute atomic E-state index is 0.00157. The van der Waals surface area contributed by atoms with Gasteiger partial charge in [0.15, 0.2) is 0 Å². The summed E-state index contributed by atoms with van der Waals surface area (Å²) < 4.78 is 27.0. The maximum Gasteiger partial charge on any atom is 0.292 e. The molecule has 0 saturated carbocycles. The summed E-state index contributed by atoms with van der Waals surface area (Å²) in [6.07, 6.45) is 0. The number of benzene rings is 2. The molecular formula is C16H15Cl2N3O4S. The molecule has 0 aromatic heterocycles. The Balaban J connectivity index is 1.81. The molecule has 0 amide bonds. The van der Waals surface area contributed by atoms with Gasteiger partial charge in [0.2, 0.25) is 10.0 Å². The van der Waals surface area contributed by atoms with E-state index in [1.165, 1.54) is 28.6 Å². The summed E-state index contributed by atoms with van der Waals surface area (Å²) in [5.41, 5.74) is 0.483. The van der Waals surface area contributed by atoms with Gasteiger partial charge in [-0.1, -0.05) is 35.3 Å². The minimum Gasteiger partial charge on any atom is -0.363 e. The number of piperazine rings is 1. The Hall–Kier alpha value is -1.87. The Labute approximate surface area is 160 Å². The van der Waals surface area contributed by atoms with Gasteiger partial charge in [-0.3, -0.25) is 10.1 Å². The maximum atomic E-state index is 12.8. The second kappa shape index (κ2) is 7.40. The third-order valence-electron chi connectivity index (χ3n) is 4.17. The number of rotatable bonds is 4. The molecule has 2 aromatic rings. The van der Waals surface area contributed by atoms with Gasteiger partial charge in [-0.2, -0.15) is 4.31 Å². The molecule has 1 aliphatic heterocycles. The van der Waals surface area contributed by atoms with Gasteiger partial charge in [0.1, 0.15) is 10.6 Å². The number of para-hydroxylation sites is 2. The van der Waals surface area contributed by atoms with E-state index in [0.29, 0.717) is 18.8 Å². The fourth-order valence-electron chi connectivity index (χ4n) is 2.87. The molecule has 0 spiro atoms. The van der Waals surface area contributed by atoms with Crippen molar-refractivity contribution in [2.75, 3.05) is 31.1 Å². The Kier molecular flexibility index (Phi) is 5.38. The molecular weight excluding hydrogens is 401 g/mol. The standard InChI is InChI=1S/C16H15Cl2N3O4S/c17-12-5-6-13(18)16(11-12)26(24,25)20-9-7-19(8-10-20)14-3-1-2-4-15(14)21(22)23/h1-6,11H,7-10H2. The van der Waals surface area contributed by atoms with E-state index in [1.807, 2.05) is 4.90 Å². The van der Waals surface area contributed by atoms with Gasteiger partial charge in [0.25, 0.3) is 5.69 Å². The van der Waals surface area contributed by atoms with Crippen LogP contribution in [0.4, 0.5) is 11.4 Å². The van der Waals surface area contributed by atoms with Crippen LogP contribution in [0.15, 0.2) is 47.4 Å². The van der Waals surface area contributed by atoms with E-state index in [9.17, 15) is 18.5 Å². The first kappa shape index (κ1) is 18.9. The third kappa shape index (κ3) is 3.64. The van der Waals surface area contributed by atoms with Gasteiger partial charge in [-0.05, 0) is 24.3 Å². The summed E-state index contributed by atoms with van der Waals surface area (Å²) in [6, 6.07) is 10.7. The van der Waals surface area contributed by atoms with Crippen LogP contribution in [0.25, 0.3) is 0 Å². The van der Waals surface area contributed by atoms with Crippen molar-refractivity contribution in [3.8, 4) is 0 Å². The molecule has 1 saturated heterocycles. The van der Waals surface area contributed by atoms with Crippen molar-refractivity contribution >= 4 is 44.6 Å². The average Bonchev–Trinajstić information content (AvgIpc) is 2.63. The van der Waals surface area contributed by atoms with E-state index < -0.39 is 14.9 Å². The summed E-state index contributed by atoms with van der Waals surface area (Å²) >= 11 is 11.9. The molecule has 0 atom stereocenters. The van der Waals surface area contributed by atoms with Crippen molar-refractivity contribution in [2.45, 2.75) is 4.90 Å². The molecule has 2 aromatic carbocycles. The number of nitro groups is 1. The Morgan fingerprint density at radius 2 is 1.65 bits per heavy atom. The van der Waals surface area contributed by atoms with Crippen LogP contribution in [-0.2, 0) is 10.0 Å². The normalized spacial score (nSPS) is 15.8. The van der Waals surface area contributed by atoms with Crippen molar-refractivity contribution in [1.82, 2.24) is 4.31 Å². The lowest BCUT2D eigenvalue weighted by molar-refractivity contribution is -0.384. The highest BCUT2D eigenvalue weighted by Gasteiger charge is 2.31. The van der Waals surface area contributed by atoms with E-state index in [0.717, 1.165) is 0 Å². The van der Waals surface area contributed by atoms with Crippen LogP contribution < -0.4 is 4.90 Å². The predicted octanol–water partition coefficient (Wildman–Crippen LogP) is 3.41. The number of hydrogen-bond donors (Lipinski definition) is 0. The van der Waals surface area contributed by atoms with Gasteiger partial charge in [-0.25, -0.2) is 8.42 Å². The number of nitro benzene ring substituents is 1. The SMILES string of the molecule is O=[N+]([O-])c1ccccc1N1CCN(S(=O)(=O)c2cc(Cl)ccc2Cl)CC1. The van der Waals surface area contributed by atoms with Gasteiger partial charge in [-0.15, -0.1) is 0 Å². The van der Waals surface area contributed by atoms with Gasteiger partial charge < -0.3 is 4.90 Å². The van der Waals surface area contributed by atoms with Crippen LogP contribution in [0.1, 0.15) is 0 Å². The number of sulfonamides is 1. The molecule has 3 rings (SSSR count). The molecule has 10 heteroatoms. The van der Waals surface area contributed by atoms with Crippen LogP contribution in [0.2, 0.25) is 10.0 Å². The molecule has 26 heavy (non-hydrogen) atoms. The lowest BCUT2D eigenvalue weighted by Gasteiger charge is -2.35. The largest absolute Gasteiger partial charge is 0.363 e. The van der Waals surface area contributed by atoms with Crippen molar-refractivity contribution in [3.05, 3.63) is 62.6 Å². The highest BCUT2D eigenvalue weighted by Crippen LogP contribution is 2.31. The fourth-order valence-corrected chi connectivity index (χ4v) is 5.03. The second-order valence-corrected chi connectivity index (χ2v) is 8.46. The summed E-state index contributed by atoms with van der Waals surface area (Å²) in [4.78, 5) is 12.5. The van der Waals surface area contributed by atoms with Crippen LogP contribution >= 0.6 is 23.2 Å². The maximum absolute atomic E-state index is 12.8. The molecule has 1 aliphatic rings. The zero-order chi connectivity index (χ0) is 18.9. The predicted molar refractivity (Wildman–Crippen MR) is 101 cm³/mol. The van der Waals surface area contributed by atoms with E-state index >= 15 is 0 Å². The van der Waals surface area contributed by atoms with Crippen molar-refractivity contribution in [1.29, 1.82) is 0 Å². The first-order chi connectivity index (χ1) is 12.3. The lowest BCUT2D eigenvalue weighted by atomic mass is 10.2. The molecule has 0 radical (unpaired) electrons. The fraction of sp³-hybridized carbons (Fsp3) is 0.250. The molecule has 0 aliphatic carbocycles. The first-order valence-electron chi connectivity index (χ1n) is 7.74. The van der Waals surface area contributed by atoms with E-state index in [1.54, 1.807) is 18.2 Å². The average molecular weight is 416 g/mol. The van der Waals surface area contributed by atoms with Gasteiger partial charge in [0, 0.05) is 37.3 Å².